The van der Waals surface area contributed by atoms with E-state index < -0.39 is 0 Å². The van der Waals surface area contributed by atoms with Crippen LogP contribution < -0.4 is 9.80 Å². The van der Waals surface area contributed by atoms with Crippen LogP contribution in [0.15, 0.2) is 47.2 Å². The van der Waals surface area contributed by atoms with Crippen molar-refractivity contribution in [3.05, 3.63) is 57.8 Å². The van der Waals surface area contributed by atoms with Crippen LogP contribution in [0.1, 0.15) is 5.56 Å². The van der Waals surface area contributed by atoms with Gasteiger partial charge in [-0.1, -0.05) is 33.6 Å². The van der Waals surface area contributed by atoms with E-state index in [-0.39, 0.29) is 0 Å². The molecule has 3 heterocycles. The summed E-state index contributed by atoms with van der Waals surface area (Å²) >= 11 is 9.77. The average molecular weight is 457 g/mol. The molecule has 5 nitrogen and oxygen atoms in total. The molecule has 1 aliphatic heterocycles. The second kappa shape index (κ2) is 6.94. The van der Waals surface area contributed by atoms with Crippen LogP contribution in [0, 0.1) is 6.92 Å². The summed E-state index contributed by atoms with van der Waals surface area (Å²) < 4.78 is 1.05. The molecule has 1 N–H and O–H groups in total. The predicted molar refractivity (Wildman–Crippen MR) is 120 cm³/mol. The molecule has 4 aromatic rings. The normalized spacial score (nSPS) is 15.0. The number of hydrogen-bond acceptors (Lipinski definition) is 4. The number of aromatic amines is 1. The lowest BCUT2D eigenvalue weighted by molar-refractivity contribution is 0.647. The maximum Gasteiger partial charge on any atom is 0.156 e. The standard InChI is InChI=1S/C21H19BrClN5/c1-13-2-4-15(23)11-18(13)27-6-8-28(9-7-27)21-20-19(24-12-25-21)16-10-14(22)3-5-17(16)26-20/h2-5,10-12,26H,6-9H2,1H3. The lowest BCUT2D eigenvalue weighted by Gasteiger charge is -2.37. The minimum atomic E-state index is 0.782. The molecule has 0 aliphatic carbocycles. The van der Waals surface area contributed by atoms with E-state index in [2.05, 4.69) is 71.9 Å². The van der Waals surface area contributed by atoms with Gasteiger partial charge in [-0.25, -0.2) is 9.97 Å². The number of hydrogen-bond donors (Lipinski definition) is 1. The van der Waals surface area contributed by atoms with Gasteiger partial charge in [0.2, 0.25) is 0 Å². The van der Waals surface area contributed by atoms with Gasteiger partial charge >= 0.3 is 0 Å². The van der Waals surface area contributed by atoms with E-state index in [1.54, 1.807) is 6.33 Å². The van der Waals surface area contributed by atoms with Crippen molar-refractivity contribution < 1.29 is 0 Å². The number of halogens is 2. The smallest absolute Gasteiger partial charge is 0.156 e. The molecule has 1 fully saturated rings. The zero-order chi connectivity index (χ0) is 19.3. The molecule has 0 saturated carbocycles. The van der Waals surface area contributed by atoms with Crippen molar-refractivity contribution in [2.24, 2.45) is 0 Å². The first-order valence-corrected chi connectivity index (χ1v) is 10.5. The van der Waals surface area contributed by atoms with Crippen LogP contribution in [0.5, 0.6) is 0 Å². The van der Waals surface area contributed by atoms with Gasteiger partial charge in [0.15, 0.2) is 5.82 Å². The molecule has 142 valence electrons. The minimum absolute atomic E-state index is 0.782. The fraction of sp³-hybridized carbons (Fsp3) is 0.238. The summed E-state index contributed by atoms with van der Waals surface area (Å²) in [5, 5.41) is 1.89. The molecule has 0 atom stereocenters. The number of nitrogens with one attached hydrogen (secondary N) is 1. The Balaban J connectivity index is 1.46. The van der Waals surface area contributed by atoms with Crippen molar-refractivity contribution in [3.63, 3.8) is 0 Å². The van der Waals surface area contributed by atoms with Crippen LogP contribution in [-0.2, 0) is 0 Å². The van der Waals surface area contributed by atoms with Crippen molar-refractivity contribution in [2.75, 3.05) is 36.0 Å². The van der Waals surface area contributed by atoms with Crippen LogP contribution >= 0.6 is 27.5 Å². The molecule has 1 aliphatic rings. The van der Waals surface area contributed by atoms with Gasteiger partial charge in [-0.2, -0.15) is 0 Å². The number of fused-ring (bicyclic) bond motifs is 3. The molecule has 2 aromatic carbocycles. The lowest BCUT2D eigenvalue weighted by atomic mass is 10.1. The summed E-state index contributed by atoms with van der Waals surface area (Å²) in [6.45, 7) is 5.79. The summed E-state index contributed by atoms with van der Waals surface area (Å²) in [6.07, 6.45) is 1.67. The maximum absolute atomic E-state index is 6.21. The largest absolute Gasteiger partial charge is 0.368 e. The van der Waals surface area contributed by atoms with Crippen LogP contribution in [0.4, 0.5) is 11.5 Å². The van der Waals surface area contributed by atoms with Crippen molar-refractivity contribution >= 4 is 61.0 Å². The van der Waals surface area contributed by atoms with Gasteiger partial charge in [-0.15, -0.1) is 0 Å². The van der Waals surface area contributed by atoms with E-state index in [0.29, 0.717) is 0 Å². The third kappa shape index (κ3) is 3.01. The Labute approximate surface area is 176 Å². The number of nitrogens with zero attached hydrogens (tertiary/aromatic N) is 4. The predicted octanol–water partition coefficient (Wildman–Crippen LogP) is 5.16. The highest BCUT2D eigenvalue weighted by molar-refractivity contribution is 9.10. The number of benzene rings is 2. The molecule has 0 amide bonds. The quantitative estimate of drug-likeness (QED) is 0.452. The third-order valence-electron chi connectivity index (χ3n) is 5.41. The first-order chi connectivity index (χ1) is 13.6. The summed E-state index contributed by atoms with van der Waals surface area (Å²) in [4.78, 5) is 17.4. The lowest BCUT2D eigenvalue weighted by Crippen LogP contribution is -2.47. The van der Waals surface area contributed by atoms with Gasteiger partial charge in [0.1, 0.15) is 17.4 Å². The van der Waals surface area contributed by atoms with Crippen LogP contribution in [0.25, 0.3) is 21.9 Å². The highest BCUT2D eigenvalue weighted by Crippen LogP contribution is 2.32. The second-order valence-corrected chi connectivity index (χ2v) is 8.49. The molecule has 2 aromatic heterocycles. The van der Waals surface area contributed by atoms with Crippen LogP contribution in [0.3, 0.4) is 0 Å². The molecule has 28 heavy (non-hydrogen) atoms. The molecule has 0 radical (unpaired) electrons. The SMILES string of the molecule is Cc1ccc(Cl)cc1N1CCN(c2ncnc3c2[nH]c2ccc(Br)cc23)CC1. The summed E-state index contributed by atoms with van der Waals surface area (Å²) in [5.74, 6) is 0.972. The monoisotopic (exact) mass is 455 g/mol. The summed E-state index contributed by atoms with van der Waals surface area (Å²) in [6, 6.07) is 12.3. The zero-order valence-corrected chi connectivity index (χ0v) is 17.8. The Hall–Kier alpha value is -2.31. The van der Waals surface area contributed by atoms with E-state index in [9.17, 15) is 0 Å². The number of anilines is 2. The Kier molecular flexibility index (Phi) is 4.40. The van der Waals surface area contributed by atoms with E-state index >= 15 is 0 Å². The molecule has 0 spiro atoms. The molecule has 0 unspecified atom stereocenters. The van der Waals surface area contributed by atoms with Gasteiger partial charge < -0.3 is 14.8 Å². The minimum Gasteiger partial charge on any atom is -0.368 e. The van der Waals surface area contributed by atoms with Gasteiger partial charge in [-0.3, -0.25) is 0 Å². The van der Waals surface area contributed by atoms with Crippen LogP contribution in [0.2, 0.25) is 5.02 Å². The first-order valence-electron chi connectivity index (χ1n) is 9.28. The summed E-state index contributed by atoms with van der Waals surface area (Å²) in [5.41, 5.74) is 5.52. The molecule has 7 heteroatoms. The molecular formula is C21H19BrClN5. The number of aryl methyl sites for hydroxylation is 1. The van der Waals surface area contributed by atoms with Gasteiger partial charge in [0.05, 0.1) is 0 Å². The number of H-pyrrole nitrogens is 1. The Morgan fingerprint density at radius 3 is 2.61 bits per heavy atom. The van der Waals surface area contributed by atoms with Gasteiger partial charge in [0.25, 0.3) is 0 Å². The highest BCUT2D eigenvalue weighted by Gasteiger charge is 2.22. The second-order valence-electron chi connectivity index (χ2n) is 7.14. The van der Waals surface area contributed by atoms with E-state index in [4.69, 9.17) is 11.6 Å². The van der Waals surface area contributed by atoms with E-state index in [1.165, 1.54) is 11.3 Å². The third-order valence-corrected chi connectivity index (χ3v) is 6.14. The van der Waals surface area contributed by atoms with Crippen molar-refractivity contribution in [1.29, 1.82) is 0 Å². The Morgan fingerprint density at radius 1 is 1.00 bits per heavy atom. The van der Waals surface area contributed by atoms with Crippen LogP contribution in [-0.4, -0.2) is 41.1 Å². The summed E-state index contributed by atoms with van der Waals surface area (Å²) in [7, 11) is 0. The van der Waals surface area contributed by atoms with E-state index in [1.807, 2.05) is 12.1 Å². The maximum atomic E-state index is 6.21. The van der Waals surface area contributed by atoms with Crippen molar-refractivity contribution in [2.45, 2.75) is 6.92 Å². The highest BCUT2D eigenvalue weighted by atomic mass is 79.9. The van der Waals surface area contributed by atoms with Crippen molar-refractivity contribution in [1.82, 2.24) is 15.0 Å². The Bertz CT molecular complexity index is 1180. The zero-order valence-electron chi connectivity index (χ0n) is 15.4. The van der Waals surface area contributed by atoms with Gasteiger partial charge in [0, 0.05) is 52.3 Å². The fourth-order valence-corrected chi connectivity index (χ4v) is 4.50. The first kappa shape index (κ1) is 17.8. The number of aromatic nitrogens is 3. The fourth-order valence-electron chi connectivity index (χ4n) is 3.97. The number of rotatable bonds is 2. The molecule has 1 saturated heterocycles. The molecule has 0 bridgehead atoms. The van der Waals surface area contributed by atoms with Gasteiger partial charge in [-0.05, 0) is 42.8 Å². The molecule has 5 rings (SSSR count). The van der Waals surface area contributed by atoms with Crippen molar-refractivity contribution in [3.8, 4) is 0 Å². The molecular weight excluding hydrogens is 438 g/mol. The Morgan fingerprint density at radius 2 is 1.79 bits per heavy atom. The topological polar surface area (TPSA) is 48.1 Å². The van der Waals surface area contributed by atoms with E-state index in [0.717, 1.165) is 63.4 Å². The average Bonchev–Trinajstić information content (AvgIpc) is 3.08. The number of piperazine rings is 1.